The third-order valence-electron chi connectivity index (χ3n) is 3.69. The monoisotopic (exact) mass is 377 g/mol. The van der Waals surface area contributed by atoms with Gasteiger partial charge in [0.2, 0.25) is 0 Å². The van der Waals surface area contributed by atoms with E-state index in [4.69, 9.17) is 0 Å². The van der Waals surface area contributed by atoms with Crippen LogP contribution in [-0.4, -0.2) is 12.5 Å². The number of benzene rings is 2. The summed E-state index contributed by atoms with van der Waals surface area (Å²) in [5, 5.41) is 0. The Kier molecular flexibility index (Phi) is 3.78. The van der Waals surface area contributed by atoms with E-state index < -0.39 is 0 Å². The van der Waals surface area contributed by atoms with Gasteiger partial charge in [-0.15, -0.1) is 0 Å². The number of carbonyl (C=O) groups is 1. The van der Waals surface area contributed by atoms with Crippen molar-refractivity contribution in [1.82, 2.24) is 0 Å². The molecular weight excluding hydrogens is 361 g/mol. The first-order valence-corrected chi connectivity index (χ1v) is 7.90. The van der Waals surface area contributed by atoms with Crippen molar-refractivity contribution in [1.29, 1.82) is 0 Å². The fourth-order valence-corrected chi connectivity index (χ4v) is 3.04. The summed E-state index contributed by atoms with van der Waals surface area (Å²) in [6, 6.07) is 14.1. The molecular formula is C17H16INO. The molecule has 0 saturated carbocycles. The third kappa shape index (κ3) is 2.59. The number of amides is 1. The molecule has 1 amide bonds. The Balaban J connectivity index is 1.96. The minimum Gasteiger partial charge on any atom is -0.308 e. The molecule has 0 unspecified atom stereocenters. The molecule has 2 aromatic rings. The molecule has 3 heteroatoms. The molecule has 0 bridgehead atoms. The summed E-state index contributed by atoms with van der Waals surface area (Å²) in [6.45, 7) is 2.90. The first-order chi connectivity index (χ1) is 9.65. The van der Waals surface area contributed by atoms with E-state index in [2.05, 4.69) is 47.7 Å². The van der Waals surface area contributed by atoms with E-state index in [0.29, 0.717) is 0 Å². The quantitative estimate of drug-likeness (QED) is 0.683. The van der Waals surface area contributed by atoms with Crippen LogP contribution in [-0.2, 0) is 6.42 Å². The van der Waals surface area contributed by atoms with Gasteiger partial charge >= 0.3 is 0 Å². The molecule has 0 N–H and O–H groups in total. The number of halogens is 1. The Morgan fingerprint density at radius 3 is 2.65 bits per heavy atom. The van der Waals surface area contributed by atoms with Crippen molar-refractivity contribution < 1.29 is 4.79 Å². The summed E-state index contributed by atoms with van der Waals surface area (Å²) in [5.74, 6) is 0.103. The van der Waals surface area contributed by atoms with E-state index >= 15 is 0 Å². The highest BCUT2D eigenvalue weighted by molar-refractivity contribution is 14.1. The number of rotatable bonds is 1. The fourth-order valence-electron chi connectivity index (χ4n) is 2.69. The van der Waals surface area contributed by atoms with Gasteiger partial charge in [0.15, 0.2) is 0 Å². The lowest BCUT2D eigenvalue weighted by molar-refractivity contribution is 0.0985. The maximum atomic E-state index is 12.7. The lowest BCUT2D eigenvalue weighted by Crippen LogP contribution is -2.35. The van der Waals surface area contributed by atoms with Gasteiger partial charge < -0.3 is 4.90 Å². The van der Waals surface area contributed by atoms with E-state index in [1.807, 2.05) is 29.2 Å². The van der Waals surface area contributed by atoms with E-state index in [1.54, 1.807) is 0 Å². The first-order valence-electron chi connectivity index (χ1n) is 6.82. The second-order valence-corrected chi connectivity index (χ2v) is 6.45. The minimum atomic E-state index is 0.103. The predicted octanol–water partition coefficient (Wildman–Crippen LogP) is 4.19. The summed E-state index contributed by atoms with van der Waals surface area (Å²) in [5.41, 5.74) is 4.38. The molecule has 0 atom stereocenters. The summed E-state index contributed by atoms with van der Waals surface area (Å²) in [7, 11) is 0. The minimum absolute atomic E-state index is 0.103. The molecule has 1 heterocycles. The van der Waals surface area contributed by atoms with E-state index in [9.17, 15) is 4.79 Å². The number of carbonyl (C=O) groups excluding carboxylic acids is 1. The summed E-state index contributed by atoms with van der Waals surface area (Å²) >= 11 is 2.25. The highest BCUT2D eigenvalue weighted by Gasteiger charge is 2.23. The number of hydrogen-bond donors (Lipinski definition) is 0. The van der Waals surface area contributed by atoms with Crippen LogP contribution >= 0.6 is 22.6 Å². The van der Waals surface area contributed by atoms with Gasteiger partial charge in [0.05, 0.1) is 0 Å². The van der Waals surface area contributed by atoms with Crippen LogP contribution in [0.15, 0.2) is 42.5 Å². The Hall–Kier alpha value is -1.36. The van der Waals surface area contributed by atoms with Gasteiger partial charge in [-0.2, -0.15) is 0 Å². The second-order valence-electron chi connectivity index (χ2n) is 5.20. The normalized spacial score (nSPS) is 14.0. The highest BCUT2D eigenvalue weighted by Crippen LogP contribution is 2.29. The lowest BCUT2D eigenvalue weighted by atomic mass is 9.99. The molecule has 0 spiro atoms. The second kappa shape index (κ2) is 5.56. The molecule has 0 radical (unpaired) electrons. The largest absolute Gasteiger partial charge is 0.308 e. The molecule has 2 aromatic carbocycles. The molecule has 0 saturated heterocycles. The Bertz CT molecular complexity index is 649. The average molecular weight is 377 g/mol. The van der Waals surface area contributed by atoms with Gasteiger partial charge in [-0.1, -0.05) is 17.7 Å². The molecule has 0 fully saturated rings. The first kappa shape index (κ1) is 13.6. The van der Waals surface area contributed by atoms with Crippen LogP contribution in [0.3, 0.4) is 0 Å². The van der Waals surface area contributed by atoms with Crippen molar-refractivity contribution >= 4 is 34.2 Å². The average Bonchev–Trinajstić information content (AvgIpc) is 2.46. The van der Waals surface area contributed by atoms with Crippen LogP contribution in [0.1, 0.15) is 27.9 Å². The van der Waals surface area contributed by atoms with Gasteiger partial charge in [-0.05, 0) is 78.3 Å². The van der Waals surface area contributed by atoms with E-state index in [0.717, 1.165) is 34.2 Å². The number of anilines is 1. The predicted molar refractivity (Wildman–Crippen MR) is 90.3 cm³/mol. The van der Waals surface area contributed by atoms with Crippen LogP contribution in [0.4, 0.5) is 5.69 Å². The van der Waals surface area contributed by atoms with Gasteiger partial charge in [0.1, 0.15) is 0 Å². The summed E-state index contributed by atoms with van der Waals surface area (Å²) in [4.78, 5) is 14.6. The standard InChI is InChI=1S/C17H16INO/c1-12-4-9-16-14(11-12)3-2-10-19(16)17(20)13-5-7-15(18)8-6-13/h4-9,11H,2-3,10H2,1H3. The molecule has 0 aromatic heterocycles. The van der Waals surface area contributed by atoms with Crippen molar-refractivity contribution in [3.8, 4) is 0 Å². The van der Waals surface area contributed by atoms with Gasteiger partial charge in [0.25, 0.3) is 5.91 Å². The zero-order valence-electron chi connectivity index (χ0n) is 11.4. The summed E-state index contributed by atoms with van der Waals surface area (Å²) < 4.78 is 1.15. The number of nitrogens with zero attached hydrogens (tertiary/aromatic N) is 1. The van der Waals surface area contributed by atoms with Crippen LogP contribution < -0.4 is 4.90 Å². The van der Waals surface area contributed by atoms with Crippen LogP contribution in [0.5, 0.6) is 0 Å². The topological polar surface area (TPSA) is 20.3 Å². The SMILES string of the molecule is Cc1ccc2c(c1)CCCN2C(=O)c1ccc(I)cc1. The van der Waals surface area contributed by atoms with Gasteiger partial charge in [-0.3, -0.25) is 4.79 Å². The third-order valence-corrected chi connectivity index (χ3v) is 4.41. The van der Waals surface area contributed by atoms with Crippen LogP contribution in [0.2, 0.25) is 0 Å². The zero-order valence-corrected chi connectivity index (χ0v) is 13.6. The van der Waals surface area contributed by atoms with Crippen LogP contribution in [0.25, 0.3) is 0 Å². The van der Waals surface area contributed by atoms with Crippen molar-refractivity contribution in [3.05, 3.63) is 62.7 Å². The smallest absolute Gasteiger partial charge is 0.258 e. The molecule has 102 valence electrons. The molecule has 1 aliphatic heterocycles. The molecule has 0 aliphatic carbocycles. The van der Waals surface area contributed by atoms with Gasteiger partial charge in [0, 0.05) is 21.4 Å². The van der Waals surface area contributed by atoms with Crippen LogP contribution in [0, 0.1) is 10.5 Å². The van der Waals surface area contributed by atoms with Crippen molar-refractivity contribution in [2.75, 3.05) is 11.4 Å². The highest BCUT2D eigenvalue weighted by atomic mass is 127. The number of fused-ring (bicyclic) bond motifs is 1. The maximum Gasteiger partial charge on any atom is 0.258 e. The fraction of sp³-hybridized carbons (Fsp3) is 0.235. The van der Waals surface area contributed by atoms with Gasteiger partial charge in [-0.25, -0.2) is 0 Å². The maximum absolute atomic E-state index is 12.7. The molecule has 20 heavy (non-hydrogen) atoms. The Morgan fingerprint density at radius 2 is 1.90 bits per heavy atom. The Labute approximate surface area is 132 Å². The van der Waals surface area contributed by atoms with Crippen molar-refractivity contribution in [2.24, 2.45) is 0 Å². The van der Waals surface area contributed by atoms with E-state index in [1.165, 1.54) is 11.1 Å². The summed E-state index contributed by atoms with van der Waals surface area (Å²) in [6.07, 6.45) is 2.10. The molecule has 1 aliphatic rings. The number of aryl methyl sites for hydroxylation is 2. The van der Waals surface area contributed by atoms with E-state index in [-0.39, 0.29) is 5.91 Å². The molecule has 2 nitrogen and oxygen atoms in total. The Morgan fingerprint density at radius 1 is 1.15 bits per heavy atom. The van der Waals surface area contributed by atoms with Crippen molar-refractivity contribution in [2.45, 2.75) is 19.8 Å². The van der Waals surface area contributed by atoms with Crippen molar-refractivity contribution in [3.63, 3.8) is 0 Å². The number of hydrogen-bond acceptors (Lipinski definition) is 1. The lowest BCUT2D eigenvalue weighted by Gasteiger charge is -2.30. The molecule has 3 rings (SSSR count). The zero-order chi connectivity index (χ0) is 14.1.